The summed E-state index contributed by atoms with van der Waals surface area (Å²) in [6.07, 6.45) is 1.24. The van der Waals surface area contributed by atoms with Crippen LogP contribution in [-0.4, -0.2) is 18.3 Å². The van der Waals surface area contributed by atoms with E-state index in [1.54, 1.807) is 23.1 Å². The first-order chi connectivity index (χ1) is 14.8. The molecule has 0 fully saturated rings. The third-order valence-corrected chi connectivity index (χ3v) is 6.00. The van der Waals surface area contributed by atoms with E-state index in [0.29, 0.717) is 36.3 Å². The van der Waals surface area contributed by atoms with E-state index in [-0.39, 0.29) is 29.4 Å². The molecule has 2 aromatic rings. The third-order valence-electron chi connectivity index (χ3n) is 6.00. The van der Waals surface area contributed by atoms with Gasteiger partial charge in [-0.3, -0.25) is 14.5 Å². The van der Waals surface area contributed by atoms with Gasteiger partial charge in [-0.25, -0.2) is 0 Å². The van der Waals surface area contributed by atoms with E-state index in [1.165, 1.54) is 0 Å². The van der Waals surface area contributed by atoms with Crippen LogP contribution in [-0.2, 0) is 9.59 Å². The molecular weight excluding hydrogens is 388 g/mol. The van der Waals surface area contributed by atoms with Crippen molar-refractivity contribution in [2.24, 2.45) is 5.41 Å². The van der Waals surface area contributed by atoms with Crippen LogP contribution in [0.5, 0.6) is 5.75 Å². The van der Waals surface area contributed by atoms with E-state index in [1.807, 2.05) is 51.1 Å². The monoisotopic (exact) mass is 414 g/mol. The van der Waals surface area contributed by atoms with Gasteiger partial charge in [0.2, 0.25) is 5.91 Å². The lowest BCUT2D eigenvalue weighted by Crippen LogP contribution is -2.44. The van der Waals surface area contributed by atoms with Gasteiger partial charge in [0.15, 0.2) is 5.78 Å². The van der Waals surface area contributed by atoms with Gasteiger partial charge >= 0.3 is 0 Å². The Hall–Kier alpha value is -3.39. The highest BCUT2D eigenvalue weighted by Gasteiger charge is 2.44. The van der Waals surface area contributed by atoms with E-state index in [0.717, 1.165) is 17.0 Å². The van der Waals surface area contributed by atoms with Crippen molar-refractivity contribution in [1.82, 2.24) is 0 Å². The fourth-order valence-electron chi connectivity index (χ4n) is 4.71. The van der Waals surface area contributed by atoms with Gasteiger partial charge in [-0.15, -0.1) is 0 Å². The lowest BCUT2D eigenvalue weighted by molar-refractivity contribution is -0.121. The fourth-order valence-corrected chi connectivity index (χ4v) is 4.71. The molecule has 31 heavy (non-hydrogen) atoms. The number of anilines is 1. The summed E-state index contributed by atoms with van der Waals surface area (Å²) >= 11 is 0. The summed E-state index contributed by atoms with van der Waals surface area (Å²) in [6, 6.07) is 16.9. The van der Waals surface area contributed by atoms with Crippen LogP contribution >= 0.6 is 0 Å². The molecule has 158 valence electrons. The van der Waals surface area contributed by atoms with Crippen molar-refractivity contribution >= 4 is 17.4 Å². The smallest absolute Gasteiger partial charge is 0.232 e. The van der Waals surface area contributed by atoms with Crippen molar-refractivity contribution in [3.05, 3.63) is 70.9 Å². The number of benzene rings is 2. The number of amides is 1. The Balaban J connectivity index is 1.87. The number of nitrogens with zero attached hydrogens (tertiary/aromatic N) is 2. The van der Waals surface area contributed by atoms with Gasteiger partial charge in [-0.2, -0.15) is 5.26 Å². The third kappa shape index (κ3) is 3.86. The van der Waals surface area contributed by atoms with Crippen molar-refractivity contribution in [2.45, 2.75) is 46.0 Å². The van der Waals surface area contributed by atoms with Gasteiger partial charge in [0.1, 0.15) is 11.8 Å². The molecule has 1 aliphatic heterocycles. The Morgan fingerprint density at radius 3 is 2.48 bits per heavy atom. The second-order valence-electron chi connectivity index (χ2n) is 8.92. The molecule has 5 heteroatoms. The van der Waals surface area contributed by atoms with Gasteiger partial charge in [0, 0.05) is 30.0 Å². The van der Waals surface area contributed by atoms with E-state index in [2.05, 4.69) is 6.07 Å². The number of carbonyl (C=O) groups excluding carboxylic acids is 2. The molecule has 2 aromatic carbocycles. The van der Waals surface area contributed by atoms with Crippen LogP contribution in [0.4, 0.5) is 5.69 Å². The highest BCUT2D eigenvalue weighted by molar-refractivity contribution is 6.08. The molecule has 0 aromatic heterocycles. The van der Waals surface area contributed by atoms with Crippen LogP contribution in [0.1, 0.15) is 57.1 Å². The lowest BCUT2D eigenvalue weighted by atomic mass is 9.69. The molecule has 1 heterocycles. The van der Waals surface area contributed by atoms with Crippen molar-refractivity contribution in [3.63, 3.8) is 0 Å². The molecule has 1 atom stereocenters. The summed E-state index contributed by atoms with van der Waals surface area (Å²) < 4.78 is 5.54. The molecule has 2 aliphatic rings. The minimum atomic E-state index is -0.285. The molecule has 1 unspecified atom stereocenters. The van der Waals surface area contributed by atoms with Crippen LogP contribution in [0.25, 0.3) is 0 Å². The predicted octanol–water partition coefficient (Wildman–Crippen LogP) is 5.12. The maximum absolute atomic E-state index is 13.4. The maximum atomic E-state index is 13.4. The zero-order chi connectivity index (χ0) is 22.2. The molecule has 0 saturated heterocycles. The molecule has 0 radical (unpaired) electrons. The summed E-state index contributed by atoms with van der Waals surface area (Å²) in [5.74, 6) is 0.471. The Morgan fingerprint density at radius 2 is 1.81 bits per heavy atom. The summed E-state index contributed by atoms with van der Waals surface area (Å²) in [5, 5.41) is 9.60. The molecule has 4 rings (SSSR count). The molecule has 0 N–H and O–H groups in total. The minimum Gasteiger partial charge on any atom is -0.494 e. The molecular formula is C26H26N2O3. The maximum Gasteiger partial charge on any atom is 0.232 e. The first-order valence-corrected chi connectivity index (χ1v) is 10.7. The summed E-state index contributed by atoms with van der Waals surface area (Å²) in [5.41, 5.74) is 3.10. The van der Waals surface area contributed by atoms with E-state index in [4.69, 9.17) is 4.74 Å². The van der Waals surface area contributed by atoms with Crippen LogP contribution in [0, 0.1) is 16.7 Å². The minimum absolute atomic E-state index is 0.0806. The van der Waals surface area contributed by atoms with Gasteiger partial charge in [-0.1, -0.05) is 38.1 Å². The molecule has 0 saturated carbocycles. The van der Waals surface area contributed by atoms with Crippen LogP contribution in [0.2, 0.25) is 0 Å². The number of ether oxygens (including phenoxy) is 1. The number of carbonyl (C=O) groups is 2. The predicted molar refractivity (Wildman–Crippen MR) is 119 cm³/mol. The number of allylic oxidation sites excluding steroid dienone is 2. The number of hydrogen-bond acceptors (Lipinski definition) is 4. The largest absolute Gasteiger partial charge is 0.494 e. The Labute approximate surface area is 182 Å². The van der Waals surface area contributed by atoms with Crippen molar-refractivity contribution < 1.29 is 14.3 Å². The average Bonchev–Trinajstić information content (AvgIpc) is 2.73. The first kappa shape index (κ1) is 20.9. The number of nitriles is 1. The first-order valence-electron chi connectivity index (χ1n) is 10.7. The molecule has 0 spiro atoms. The SMILES string of the molecule is CCOc1ccc(C2CC(=O)N(c3ccccc3C#N)C3=C2C(=O)CC(C)(C)C3)cc1. The topological polar surface area (TPSA) is 70.4 Å². The molecule has 5 nitrogen and oxygen atoms in total. The van der Waals surface area contributed by atoms with Gasteiger partial charge in [0.05, 0.1) is 17.9 Å². The number of ketones is 1. The quantitative estimate of drug-likeness (QED) is 0.696. The van der Waals surface area contributed by atoms with Crippen LogP contribution in [0.3, 0.4) is 0 Å². The average molecular weight is 415 g/mol. The second kappa shape index (κ2) is 8.03. The lowest BCUT2D eigenvalue weighted by Gasteiger charge is -2.43. The number of hydrogen-bond donors (Lipinski definition) is 0. The Morgan fingerprint density at radius 1 is 1.10 bits per heavy atom. The van der Waals surface area contributed by atoms with Crippen LogP contribution in [0.15, 0.2) is 59.8 Å². The zero-order valence-electron chi connectivity index (χ0n) is 18.1. The fraction of sp³-hybridized carbons (Fsp3) is 0.346. The number of para-hydroxylation sites is 1. The normalized spacial score (nSPS) is 20.3. The van der Waals surface area contributed by atoms with Gasteiger partial charge in [-0.05, 0) is 48.6 Å². The van der Waals surface area contributed by atoms with Crippen LogP contribution < -0.4 is 9.64 Å². The molecule has 1 aliphatic carbocycles. The van der Waals surface area contributed by atoms with E-state index in [9.17, 15) is 14.9 Å². The standard InChI is InChI=1S/C26H26N2O3/c1-4-31-19-11-9-17(10-12-19)20-13-24(30)28(21-8-6-5-7-18(21)16-27)22-14-26(2,3)15-23(29)25(20)22/h5-12,20H,4,13-15H2,1-3H3. The van der Waals surface area contributed by atoms with Crippen molar-refractivity contribution in [3.8, 4) is 11.8 Å². The zero-order valence-corrected chi connectivity index (χ0v) is 18.1. The number of rotatable bonds is 4. The number of Topliss-reactive ketones (excluding diaryl/α,β-unsaturated/α-hetero) is 1. The molecule has 1 amide bonds. The highest BCUT2D eigenvalue weighted by atomic mass is 16.5. The Kier molecular flexibility index (Phi) is 5.41. The highest BCUT2D eigenvalue weighted by Crippen LogP contribution is 2.48. The summed E-state index contributed by atoms with van der Waals surface area (Å²) in [4.78, 5) is 28.4. The van der Waals surface area contributed by atoms with E-state index < -0.39 is 0 Å². The summed E-state index contributed by atoms with van der Waals surface area (Å²) in [7, 11) is 0. The van der Waals surface area contributed by atoms with Gasteiger partial charge in [0.25, 0.3) is 0 Å². The second-order valence-corrected chi connectivity index (χ2v) is 8.92. The van der Waals surface area contributed by atoms with E-state index >= 15 is 0 Å². The van der Waals surface area contributed by atoms with Gasteiger partial charge < -0.3 is 4.74 Å². The summed E-state index contributed by atoms with van der Waals surface area (Å²) in [6.45, 7) is 6.61. The van der Waals surface area contributed by atoms with Crippen molar-refractivity contribution in [1.29, 1.82) is 5.26 Å². The van der Waals surface area contributed by atoms with Crippen molar-refractivity contribution in [2.75, 3.05) is 11.5 Å². The Bertz CT molecular complexity index is 1110. The molecule has 0 bridgehead atoms.